The Bertz CT molecular complexity index is 839. The maximum atomic E-state index is 10.1. The highest BCUT2D eigenvalue weighted by Gasteiger charge is 2.68. The Morgan fingerprint density at radius 1 is 1.00 bits per heavy atom. The van der Waals surface area contributed by atoms with Crippen LogP contribution in [0.1, 0.15) is 124 Å². The van der Waals surface area contributed by atoms with Gasteiger partial charge < -0.3 is 9.84 Å². The molecular formula is C33H55NO4. The molecule has 6 aliphatic rings. The second-order valence-corrected chi connectivity index (χ2v) is 13.8. The van der Waals surface area contributed by atoms with Crippen molar-refractivity contribution in [3.8, 4) is 11.8 Å². The summed E-state index contributed by atoms with van der Waals surface area (Å²) in [6, 6.07) is 0.392. The minimum absolute atomic E-state index is 0.103. The van der Waals surface area contributed by atoms with Crippen molar-refractivity contribution in [2.45, 2.75) is 160 Å². The van der Waals surface area contributed by atoms with Gasteiger partial charge in [-0.3, -0.25) is 4.90 Å². The molecule has 2 saturated carbocycles. The number of aliphatic hydroxyl groups is 1. The summed E-state index contributed by atoms with van der Waals surface area (Å²) >= 11 is 0. The SMILES string of the molecule is CCCCCCCCC#C[C@@H](C[C@H]1O[C@@H]2C[C@]3(C)CC[C@H]4[C@H](C)CC[C@@H]([C@H]1C)[C@@]24OO3)N1CCC[C@H]1CO. The summed E-state index contributed by atoms with van der Waals surface area (Å²) in [5.74, 6) is 9.34. The number of aliphatic hydroxyl groups excluding tert-OH is 1. The summed E-state index contributed by atoms with van der Waals surface area (Å²) in [6.45, 7) is 10.6. The first-order valence-electron chi connectivity index (χ1n) is 16.3. The molecule has 38 heavy (non-hydrogen) atoms. The summed E-state index contributed by atoms with van der Waals surface area (Å²) in [5, 5.41) is 10.1. The van der Waals surface area contributed by atoms with Gasteiger partial charge in [-0.2, -0.15) is 0 Å². The predicted molar refractivity (Wildman–Crippen MR) is 151 cm³/mol. The second kappa shape index (κ2) is 12.5. The van der Waals surface area contributed by atoms with Gasteiger partial charge in [0.25, 0.3) is 0 Å². The topological polar surface area (TPSA) is 51.2 Å². The number of rotatable bonds is 10. The molecule has 10 atom stereocenters. The molecule has 0 aromatic heterocycles. The Morgan fingerprint density at radius 3 is 2.63 bits per heavy atom. The van der Waals surface area contributed by atoms with Gasteiger partial charge in [0, 0.05) is 25.3 Å². The fourth-order valence-electron chi connectivity index (χ4n) is 8.95. The van der Waals surface area contributed by atoms with Gasteiger partial charge in [0.05, 0.1) is 24.9 Å². The van der Waals surface area contributed by atoms with Crippen LogP contribution in [-0.2, 0) is 14.5 Å². The lowest BCUT2D eigenvalue weighted by atomic mass is 9.55. The molecule has 2 bridgehead atoms. The average Bonchev–Trinajstić information content (AvgIpc) is 3.27. The predicted octanol–water partition coefficient (Wildman–Crippen LogP) is 6.66. The number of likely N-dealkylation sites (tertiary alicyclic amines) is 1. The molecule has 2 aliphatic carbocycles. The average molecular weight is 530 g/mol. The number of unbranched alkanes of at least 4 members (excludes halogenated alkanes) is 6. The van der Waals surface area contributed by atoms with E-state index in [1.165, 1.54) is 57.8 Å². The van der Waals surface area contributed by atoms with E-state index in [9.17, 15) is 5.11 Å². The summed E-state index contributed by atoms with van der Waals surface area (Å²) in [7, 11) is 0. The largest absolute Gasteiger partial charge is 0.395 e. The van der Waals surface area contributed by atoms with E-state index in [1.54, 1.807) is 0 Å². The summed E-state index contributed by atoms with van der Waals surface area (Å²) in [5.41, 5.74) is -0.528. The molecule has 0 aromatic carbocycles. The summed E-state index contributed by atoms with van der Waals surface area (Å²) in [6.07, 6.45) is 17.9. The molecule has 6 fully saturated rings. The van der Waals surface area contributed by atoms with Crippen LogP contribution >= 0.6 is 0 Å². The number of nitrogens with zero attached hydrogens (tertiary/aromatic N) is 1. The smallest absolute Gasteiger partial charge is 0.136 e. The molecule has 1 N–H and O–H groups in total. The highest BCUT2D eigenvalue weighted by molar-refractivity contribution is 5.16. The number of ether oxygens (including phenoxy) is 1. The molecular weight excluding hydrogens is 474 g/mol. The Hall–Kier alpha value is -0.640. The molecule has 5 heteroatoms. The zero-order valence-corrected chi connectivity index (χ0v) is 24.8. The van der Waals surface area contributed by atoms with E-state index in [0.717, 1.165) is 45.1 Å². The highest BCUT2D eigenvalue weighted by atomic mass is 17.2. The Balaban J connectivity index is 1.31. The second-order valence-electron chi connectivity index (χ2n) is 13.8. The molecule has 1 spiro atoms. The van der Waals surface area contributed by atoms with Crippen LogP contribution in [0.15, 0.2) is 0 Å². The lowest BCUT2D eigenvalue weighted by molar-refractivity contribution is -0.487. The highest BCUT2D eigenvalue weighted by Crippen LogP contribution is 2.61. The normalized spacial score (nSPS) is 43.2. The van der Waals surface area contributed by atoms with Crippen LogP contribution in [0, 0.1) is 35.5 Å². The summed E-state index contributed by atoms with van der Waals surface area (Å²) < 4.78 is 7.14. The van der Waals surface area contributed by atoms with Crippen molar-refractivity contribution < 1.29 is 19.6 Å². The van der Waals surface area contributed by atoms with Crippen LogP contribution in [0.3, 0.4) is 0 Å². The van der Waals surface area contributed by atoms with Crippen molar-refractivity contribution >= 4 is 0 Å². The molecule has 4 aliphatic heterocycles. The van der Waals surface area contributed by atoms with E-state index in [1.807, 2.05) is 0 Å². The fraction of sp³-hybridized carbons (Fsp3) is 0.939. The van der Waals surface area contributed by atoms with Crippen LogP contribution in [-0.4, -0.2) is 58.7 Å². The lowest BCUT2D eigenvalue weighted by Gasteiger charge is -2.61. The van der Waals surface area contributed by atoms with Crippen molar-refractivity contribution in [2.75, 3.05) is 13.2 Å². The molecule has 0 unspecified atom stereocenters. The molecule has 0 aromatic rings. The maximum absolute atomic E-state index is 10.1. The van der Waals surface area contributed by atoms with Crippen molar-refractivity contribution in [3.63, 3.8) is 0 Å². The fourth-order valence-corrected chi connectivity index (χ4v) is 8.95. The van der Waals surface area contributed by atoms with E-state index >= 15 is 0 Å². The molecule has 4 heterocycles. The van der Waals surface area contributed by atoms with E-state index in [-0.39, 0.29) is 42.1 Å². The quantitative estimate of drug-likeness (QED) is 0.195. The molecule has 4 saturated heterocycles. The van der Waals surface area contributed by atoms with Crippen molar-refractivity contribution in [3.05, 3.63) is 0 Å². The van der Waals surface area contributed by atoms with Gasteiger partial charge in [-0.05, 0) is 82.1 Å². The standard InChI is InChI=1S/C33H55NO4/c1-5-6-7-8-9-10-11-12-14-26(34-20-13-15-27(34)23-35)21-30-25(3)29-17-16-24(2)28-18-19-32(4)22-31(36-30)33(28,29)38-37-32/h24-31,35H,5-11,13,15-23H2,1-4H3/t24-,25-,26+,27+,28+,29+,30-,31-,32+,33-/m1/s1. The molecule has 0 amide bonds. The molecule has 0 radical (unpaired) electrons. The monoisotopic (exact) mass is 529 g/mol. The van der Waals surface area contributed by atoms with Crippen LogP contribution in [0.4, 0.5) is 0 Å². The Morgan fingerprint density at radius 2 is 1.82 bits per heavy atom. The molecule has 6 rings (SSSR count). The third-order valence-electron chi connectivity index (χ3n) is 11.2. The minimum atomic E-state index is -0.288. The van der Waals surface area contributed by atoms with E-state index in [0.29, 0.717) is 23.7 Å². The van der Waals surface area contributed by atoms with Gasteiger partial charge in [0.1, 0.15) is 11.2 Å². The first kappa shape index (κ1) is 28.9. The van der Waals surface area contributed by atoms with Gasteiger partial charge in [-0.25, -0.2) is 9.78 Å². The van der Waals surface area contributed by atoms with Crippen LogP contribution in [0.2, 0.25) is 0 Å². The zero-order chi connectivity index (χ0) is 26.8. The number of hydrogen-bond acceptors (Lipinski definition) is 5. The first-order valence-corrected chi connectivity index (χ1v) is 16.3. The van der Waals surface area contributed by atoms with Gasteiger partial charge in [-0.15, -0.1) is 5.92 Å². The van der Waals surface area contributed by atoms with Gasteiger partial charge in [0.15, 0.2) is 0 Å². The van der Waals surface area contributed by atoms with Gasteiger partial charge in [-0.1, -0.05) is 58.8 Å². The van der Waals surface area contributed by atoms with Crippen molar-refractivity contribution in [2.24, 2.45) is 23.7 Å². The van der Waals surface area contributed by atoms with Gasteiger partial charge in [0.2, 0.25) is 0 Å². The van der Waals surface area contributed by atoms with Crippen LogP contribution in [0.5, 0.6) is 0 Å². The third-order valence-corrected chi connectivity index (χ3v) is 11.2. The molecule has 216 valence electrons. The molecule has 5 nitrogen and oxygen atoms in total. The van der Waals surface area contributed by atoms with Crippen LogP contribution < -0.4 is 0 Å². The third kappa shape index (κ3) is 5.60. The number of hydrogen-bond donors (Lipinski definition) is 1. The lowest BCUT2D eigenvalue weighted by Crippen LogP contribution is -2.69. The van der Waals surface area contributed by atoms with E-state index in [2.05, 4.69) is 44.4 Å². The van der Waals surface area contributed by atoms with E-state index < -0.39 is 0 Å². The minimum Gasteiger partial charge on any atom is -0.395 e. The first-order chi connectivity index (χ1) is 18.4. The maximum Gasteiger partial charge on any atom is 0.136 e. The summed E-state index contributed by atoms with van der Waals surface area (Å²) in [4.78, 5) is 15.2. The Labute approximate surface area is 232 Å². The van der Waals surface area contributed by atoms with Crippen LogP contribution in [0.25, 0.3) is 0 Å². The van der Waals surface area contributed by atoms with Gasteiger partial charge >= 0.3 is 0 Å². The van der Waals surface area contributed by atoms with E-state index in [4.69, 9.17) is 14.5 Å². The zero-order valence-electron chi connectivity index (χ0n) is 24.8. The number of fused-ring (bicyclic) bond motifs is 2. The van der Waals surface area contributed by atoms with Crippen molar-refractivity contribution in [1.29, 1.82) is 0 Å². The Kier molecular flexibility index (Phi) is 9.48. The van der Waals surface area contributed by atoms with Crippen molar-refractivity contribution in [1.82, 2.24) is 4.90 Å².